The van der Waals surface area contributed by atoms with Crippen molar-refractivity contribution in [2.45, 2.75) is 32.4 Å². The molecule has 0 atom stereocenters. The van der Waals surface area contributed by atoms with Gasteiger partial charge < -0.3 is 14.5 Å². The number of carbonyl (C=O) groups is 1. The Morgan fingerprint density at radius 1 is 1.23 bits per heavy atom. The van der Waals surface area contributed by atoms with Crippen LogP contribution >= 0.6 is 0 Å². The molecule has 0 unspecified atom stereocenters. The van der Waals surface area contributed by atoms with E-state index < -0.39 is 0 Å². The zero-order valence-corrected chi connectivity index (χ0v) is 15.5. The third kappa shape index (κ3) is 4.58. The molecule has 0 saturated heterocycles. The predicted octanol–water partition coefficient (Wildman–Crippen LogP) is 2.42. The molecule has 1 aromatic heterocycles. The minimum Gasteiger partial charge on any atom is -0.377 e. The second kappa shape index (κ2) is 8.76. The first kappa shape index (κ1) is 18.3. The lowest BCUT2D eigenvalue weighted by atomic mass is 10.0. The number of rotatable bonds is 7. The number of hydrogen-bond donors (Lipinski definition) is 0. The van der Waals surface area contributed by atoms with Crippen molar-refractivity contribution in [3.05, 3.63) is 53.5 Å². The molecule has 0 bridgehead atoms. The molecular weight excluding hydrogens is 328 g/mol. The summed E-state index contributed by atoms with van der Waals surface area (Å²) in [7, 11) is 3.96. The Morgan fingerprint density at radius 3 is 2.81 bits per heavy atom. The van der Waals surface area contributed by atoms with E-state index in [4.69, 9.17) is 4.74 Å². The first-order valence-corrected chi connectivity index (χ1v) is 9.04. The zero-order chi connectivity index (χ0) is 18.4. The van der Waals surface area contributed by atoms with E-state index >= 15 is 0 Å². The third-order valence-electron chi connectivity index (χ3n) is 4.55. The molecule has 1 aromatic carbocycles. The number of aromatic nitrogens is 2. The predicted molar refractivity (Wildman–Crippen MR) is 101 cm³/mol. The smallest absolute Gasteiger partial charge is 0.223 e. The standard InChI is InChI=1S/C20H26N4O2/c1-23(2)20-17-10-11-24(13-18(17)21-15-22-20)19(25)9-6-12-26-14-16-7-4-3-5-8-16/h3-5,7-8,15H,6,9-14H2,1-2H3. The van der Waals surface area contributed by atoms with Crippen LogP contribution in [0.2, 0.25) is 0 Å². The van der Waals surface area contributed by atoms with Gasteiger partial charge in [0.05, 0.1) is 18.8 Å². The van der Waals surface area contributed by atoms with Gasteiger partial charge in [-0.3, -0.25) is 4.79 Å². The van der Waals surface area contributed by atoms with Crippen molar-refractivity contribution in [1.29, 1.82) is 0 Å². The fourth-order valence-electron chi connectivity index (χ4n) is 3.18. The molecule has 2 heterocycles. The molecule has 1 aliphatic rings. The highest BCUT2D eigenvalue weighted by atomic mass is 16.5. The maximum atomic E-state index is 12.5. The molecule has 138 valence electrons. The molecule has 0 spiro atoms. The highest BCUT2D eigenvalue weighted by Crippen LogP contribution is 2.24. The Labute approximate surface area is 154 Å². The number of amides is 1. The Kier molecular flexibility index (Phi) is 6.17. The maximum Gasteiger partial charge on any atom is 0.223 e. The lowest BCUT2D eigenvalue weighted by molar-refractivity contribution is -0.132. The van der Waals surface area contributed by atoms with E-state index in [0.717, 1.165) is 42.0 Å². The molecule has 6 heteroatoms. The zero-order valence-electron chi connectivity index (χ0n) is 15.5. The van der Waals surface area contributed by atoms with E-state index in [1.807, 2.05) is 54.2 Å². The first-order chi connectivity index (χ1) is 12.6. The van der Waals surface area contributed by atoms with E-state index in [1.54, 1.807) is 6.33 Å². The fourth-order valence-corrected chi connectivity index (χ4v) is 3.18. The van der Waals surface area contributed by atoms with Crippen molar-refractivity contribution in [1.82, 2.24) is 14.9 Å². The van der Waals surface area contributed by atoms with Crippen LogP contribution in [-0.4, -0.2) is 48.0 Å². The molecule has 1 amide bonds. The van der Waals surface area contributed by atoms with Crippen molar-refractivity contribution >= 4 is 11.7 Å². The van der Waals surface area contributed by atoms with Crippen LogP contribution in [0.25, 0.3) is 0 Å². The molecular formula is C20H26N4O2. The van der Waals surface area contributed by atoms with Crippen LogP contribution in [0.5, 0.6) is 0 Å². The Bertz CT molecular complexity index is 734. The van der Waals surface area contributed by atoms with Gasteiger partial charge in [-0.05, 0) is 18.4 Å². The average molecular weight is 354 g/mol. The first-order valence-electron chi connectivity index (χ1n) is 9.04. The second-order valence-electron chi connectivity index (χ2n) is 6.72. The van der Waals surface area contributed by atoms with Crippen LogP contribution in [-0.2, 0) is 29.1 Å². The average Bonchev–Trinajstić information content (AvgIpc) is 2.67. The summed E-state index contributed by atoms with van der Waals surface area (Å²) in [5, 5.41) is 0. The normalized spacial score (nSPS) is 13.4. The number of ether oxygens (including phenoxy) is 1. The van der Waals surface area contributed by atoms with Crippen LogP contribution in [0.15, 0.2) is 36.7 Å². The lowest BCUT2D eigenvalue weighted by Crippen LogP contribution is -2.37. The summed E-state index contributed by atoms with van der Waals surface area (Å²) < 4.78 is 5.66. The monoisotopic (exact) mass is 354 g/mol. The molecule has 3 rings (SSSR count). The summed E-state index contributed by atoms with van der Waals surface area (Å²) in [6.07, 6.45) is 3.64. The van der Waals surface area contributed by atoms with Gasteiger partial charge >= 0.3 is 0 Å². The number of anilines is 1. The van der Waals surface area contributed by atoms with Crippen LogP contribution in [0.3, 0.4) is 0 Å². The van der Waals surface area contributed by atoms with Gasteiger partial charge in [0, 0.05) is 39.2 Å². The summed E-state index contributed by atoms with van der Waals surface area (Å²) in [5.41, 5.74) is 3.28. The van der Waals surface area contributed by atoms with Gasteiger partial charge in [0.2, 0.25) is 5.91 Å². The number of carbonyl (C=O) groups excluding carboxylic acids is 1. The summed E-state index contributed by atoms with van der Waals surface area (Å²) >= 11 is 0. The number of fused-ring (bicyclic) bond motifs is 1. The minimum absolute atomic E-state index is 0.170. The fraction of sp³-hybridized carbons (Fsp3) is 0.450. The molecule has 2 aromatic rings. The van der Waals surface area contributed by atoms with E-state index in [0.29, 0.717) is 26.2 Å². The van der Waals surface area contributed by atoms with E-state index in [-0.39, 0.29) is 5.91 Å². The molecule has 26 heavy (non-hydrogen) atoms. The van der Waals surface area contributed by atoms with E-state index in [9.17, 15) is 4.79 Å². The third-order valence-corrected chi connectivity index (χ3v) is 4.55. The van der Waals surface area contributed by atoms with Gasteiger partial charge in [0.1, 0.15) is 12.1 Å². The SMILES string of the molecule is CN(C)c1ncnc2c1CCN(C(=O)CCCOCc1ccccc1)C2. The highest BCUT2D eigenvalue weighted by molar-refractivity contribution is 5.76. The van der Waals surface area contributed by atoms with Gasteiger partial charge in [-0.15, -0.1) is 0 Å². The van der Waals surface area contributed by atoms with Crippen molar-refractivity contribution in [2.24, 2.45) is 0 Å². The molecule has 0 aliphatic carbocycles. The number of nitrogens with zero attached hydrogens (tertiary/aromatic N) is 4. The van der Waals surface area contributed by atoms with Crippen molar-refractivity contribution in [3.63, 3.8) is 0 Å². The maximum absolute atomic E-state index is 12.5. The number of hydrogen-bond acceptors (Lipinski definition) is 5. The highest BCUT2D eigenvalue weighted by Gasteiger charge is 2.24. The van der Waals surface area contributed by atoms with Crippen molar-refractivity contribution < 1.29 is 9.53 Å². The molecule has 6 nitrogen and oxygen atoms in total. The lowest BCUT2D eigenvalue weighted by Gasteiger charge is -2.30. The van der Waals surface area contributed by atoms with E-state index in [2.05, 4.69) is 9.97 Å². The summed E-state index contributed by atoms with van der Waals surface area (Å²) in [5.74, 6) is 1.13. The van der Waals surface area contributed by atoms with Crippen LogP contribution < -0.4 is 4.90 Å². The van der Waals surface area contributed by atoms with Gasteiger partial charge in [-0.1, -0.05) is 30.3 Å². The Morgan fingerprint density at radius 2 is 2.04 bits per heavy atom. The molecule has 1 aliphatic heterocycles. The largest absolute Gasteiger partial charge is 0.377 e. The van der Waals surface area contributed by atoms with Gasteiger partial charge in [0.25, 0.3) is 0 Å². The molecule has 0 radical (unpaired) electrons. The van der Waals surface area contributed by atoms with Crippen LogP contribution in [0.4, 0.5) is 5.82 Å². The van der Waals surface area contributed by atoms with Crippen molar-refractivity contribution in [2.75, 3.05) is 32.1 Å². The Hall–Kier alpha value is -2.47. The van der Waals surface area contributed by atoms with Gasteiger partial charge in [-0.2, -0.15) is 0 Å². The van der Waals surface area contributed by atoms with E-state index in [1.165, 1.54) is 0 Å². The minimum atomic E-state index is 0.170. The molecule has 0 N–H and O–H groups in total. The van der Waals surface area contributed by atoms with Crippen LogP contribution in [0.1, 0.15) is 29.7 Å². The van der Waals surface area contributed by atoms with Gasteiger partial charge in [-0.25, -0.2) is 9.97 Å². The quantitative estimate of drug-likeness (QED) is 0.715. The molecule has 0 saturated carbocycles. The molecule has 0 fully saturated rings. The summed E-state index contributed by atoms with van der Waals surface area (Å²) in [6.45, 7) is 2.49. The number of benzene rings is 1. The Balaban J connectivity index is 1.44. The van der Waals surface area contributed by atoms with Crippen molar-refractivity contribution in [3.8, 4) is 0 Å². The summed E-state index contributed by atoms with van der Waals surface area (Å²) in [6, 6.07) is 10.1. The topological polar surface area (TPSA) is 58.6 Å². The summed E-state index contributed by atoms with van der Waals surface area (Å²) in [4.78, 5) is 25.1. The second-order valence-corrected chi connectivity index (χ2v) is 6.72. The van der Waals surface area contributed by atoms with Crippen LogP contribution in [0, 0.1) is 0 Å². The van der Waals surface area contributed by atoms with Gasteiger partial charge in [0.15, 0.2) is 0 Å².